The molecule has 1 aliphatic rings. The molecule has 18 heavy (non-hydrogen) atoms. The minimum atomic E-state index is -0.333. The molecular formula is C15H32N2O. The van der Waals surface area contributed by atoms with Gasteiger partial charge >= 0.3 is 0 Å². The summed E-state index contributed by atoms with van der Waals surface area (Å²) in [7, 11) is 0. The highest BCUT2D eigenvalue weighted by molar-refractivity contribution is 4.94. The van der Waals surface area contributed by atoms with Gasteiger partial charge in [-0.15, -0.1) is 0 Å². The van der Waals surface area contributed by atoms with E-state index in [0.29, 0.717) is 12.1 Å². The third-order valence-corrected chi connectivity index (χ3v) is 4.32. The summed E-state index contributed by atoms with van der Waals surface area (Å²) in [5.74, 6) is 0. The van der Waals surface area contributed by atoms with Crippen molar-refractivity contribution in [1.82, 2.24) is 4.90 Å². The Hall–Kier alpha value is -0.120. The largest absolute Gasteiger partial charge is 0.394 e. The Kier molecular flexibility index (Phi) is 6.61. The van der Waals surface area contributed by atoms with Gasteiger partial charge < -0.3 is 10.8 Å². The van der Waals surface area contributed by atoms with Gasteiger partial charge in [0.1, 0.15) is 0 Å². The first-order valence-corrected chi connectivity index (χ1v) is 7.68. The maximum absolute atomic E-state index is 9.46. The van der Waals surface area contributed by atoms with Crippen LogP contribution in [0.3, 0.4) is 0 Å². The van der Waals surface area contributed by atoms with Gasteiger partial charge in [0.2, 0.25) is 0 Å². The predicted molar refractivity (Wildman–Crippen MR) is 77.6 cm³/mol. The summed E-state index contributed by atoms with van der Waals surface area (Å²) in [6.45, 7) is 8.11. The summed E-state index contributed by atoms with van der Waals surface area (Å²) in [4.78, 5) is 2.60. The molecule has 0 amide bonds. The fourth-order valence-corrected chi connectivity index (χ4v) is 3.20. The second kappa shape index (κ2) is 7.46. The van der Waals surface area contributed by atoms with Crippen molar-refractivity contribution in [3.05, 3.63) is 0 Å². The molecule has 3 N–H and O–H groups in total. The molecule has 0 aromatic carbocycles. The molecule has 0 spiro atoms. The van der Waals surface area contributed by atoms with Crippen molar-refractivity contribution in [2.75, 3.05) is 13.2 Å². The Morgan fingerprint density at radius 3 is 2.67 bits per heavy atom. The fraction of sp³-hybridized carbons (Fsp3) is 1.00. The molecule has 1 saturated carbocycles. The highest BCUT2D eigenvalue weighted by Crippen LogP contribution is 2.30. The molecule has 0 aromatic heterocycles. The lowest BCUT2D eigenvalue weighted by molar-refractivity contribution is 0.0622. The second-order valence-electron chi connectivity index (χ2n) is 6.31. The maximum Gasteiger partial charge on any atom is 0.0611 e. The van der Waals surface area contributed by atoms with Gasteiger partial charge in [-0.3, -0.25) is 4.90 Å². The molecule has 108 valence electrons. The van der Waals surface area contributed by atoms with Crippen LogP contribution in [-0.2, 0) is 0 Å². The minimum Gasteiger partial charge on any atom is -0.394 e. The van der Waals surface area contributed by atoms with Crippen molar-refractivity contribution in [1.29, 1.82) is 0 Å². The van der Waals surface area contributed by atoms with E-state index in [4.69, 9.17) is 5.73 Å². The molecule has 0 heterocycles. The van der Waals surface area contributed by atoms with E-state index in [-0.39, 0.29) is 12.1 Å². The molecule has 3 nitrogen and oxygen atoms in total. The first-order valence-electron chi connectivity index (χ1n) is 7.68. The molecule has 0 saturated heterocycles. The highest BCUT2D eigenvalue weighted by atomic mass is 16.3. The van der Waals surface area contributed by atoms with E-state index in [2.05, 4.69) is 25.7 Å². The SMILES string of the molecule is CCCCCN(C(C)C)C1CCCC(N)(CO)C1. The van der Waals surface area contributed by atoms with Crippen LogP contribution in [-0.4, -0.2) is 40.8 Å². The van der Waals surface area contributed by atoms with Gasteiger partial charge in [-0.2, -0.15) is 0 Å². The van der Waals surface area contributed by atoms with Gasteiger partial charge in [-0.1, -0.05) is 19.8 Å². The molecule has 0 aromatic rings. The van der Waals surface area contributed by atoms with Crippen LogP contribution in [0.25, 0.3) is 0 Å². The second-order valence-corrected chi connectivity index (χ2v) is 6.31. The zero-order chi connectivity index (χ0) is 13.6. The predicted octanol–water partition coefficient (Wildman–Crippen LogP) is 2.52. The normalized spacial score (nSPS) is 29.2. The molecule has 2 atom stereocenters. The van der Waals surface area contributed by atoms with Crippen LogP contribution in [0.15, 0.2) is 0 Å². The number of rotatable bonds is 7. The van der Waals surface area contributed by atoms with E-state index < -0.39 is 0 Å². The summed E-state index contributed by atoms with van der Waals surface area (Å²) in [6, 6.07) is 1.14. The lowest BCUT2D eigenvalue weighted by Gasteiger charge is -2.43. The minimum absolute atomic E-state index is 0.129. The smallest absolute Gasteiger partial charge is 0.0611 e. The molecule has 0 bridgehead atoms. The molecule has 1 aliphatic carbocycles. The van der Waals surface area contributed by atoms with E-state index in [1.54, 1.807) is 0 Å². The van der Waals surface area contributed by atoms with Crippen LogP contribution in [0.2, 0.25) is 0 Å². The molecule has 3 heteroatoms. The summed E-state index contributed by atoms with van der Waals surface area (Å²) in [5.41, 5.74) is 5.93. The third kappa shape index (κ3) is 4.52. The van der Waals surface area contributed by atoms with Crippen LogP contribution in [0, 0.1) is 0 Å². The van der Waals surface area contributed by atoms with Crippen molar-refractivity contribution in [3.63, 3.8) is 0 Å². The van der Waals surface area contributed by atoms with Gasteiger partial charge in [-0.05, 0) is 52.5 Å². The first-order chi connectivity index (χ1) is 8.52. The number of nitrogens with two attached hydrogens (primary N) is 1. The molecule has 2 unspecified atom stereocenters. The maximum atomic E-state index is 9.46. The van der Waals surface area contributed by atoms with Crippen molar-refractivity contribution in [2.45, 2.75) is 83.3 Å². The van der Waals surface area contributed by atoms with Gasteiger partial charge in [0.05, 0.1) is 6.61 Å². The Morgan fingerprint density at radius 2 is 2.11 bits per heavy atom. The quantitative estimate of drug-likeness (QED) is 0.688. The van der Waals surface area contributed by atoms with Gasteiger partial charge in [-0.25, -0.2) is 0 Å². The monoisotopic (exact) mass is 256 g/mol. The summed E-state index contributed by atoms with van der Waals surface area (Å²) < 4.78 is 0. The van der Waals surface area contributed by atoms with Crippen LogP contribution in [0.1, 0.15) is 65.7 Å². The average Bonchev–Trinajstić information content (AvgIpc) is 2.34. The zero-order valence-corrected chi connectivity index (χ0v) is 12.5. The summed E-state index contributed by atoms with van der Waals surface area (Å²) in [5, 5.41) is 9.46. The van der Waals surface area contributed by atoms with Crippen LogP contribution < -0.4 is 5.73 Å². The Morgan fingerprint density at radius 1 is 1.39 bits per heavy atom. The number of aliphatic hydroxyl groups excluding tert-OH is 1. The Labute approximate surface area is 113 Å². The van der Waals surface area contributed by atoms with E-state index in [1.165, 1.54) is 32.2 Å². The van der Waals surface area contributed by atoms with Crippen LogP contribution >= 0.6 is 0 Å². The Bertz CT molecular complexity index is 233. The standard InChI is InChI=1S/C15H32N2O/c1-4-5-6-10-17(13(2)3)14-8-7-9-15(16,11-14)12-18/h13-14,18H,4-12,16H2,1-3H3. The number of hydrogen-bond acceptors (Lipinski definition) is 3. The topological polar surface area (TPSA) is 49.5 Å². The average molecular weight is 256 g/mol. The molecule has 1 fully saturated rings. The van der Waals surface area contributed by atoms with Crippen molar-refractivity contribution < 1.29 is 5.11 Å². The number of nitrogens with zero attached hydrogens (tertiary/aromatic N) is 1. The lowest BCUT2D eigenvalue weighted by atomic mass is 9.79. The molecule has 0 radical (unpaired) electrons. The molecule has 0 aliphatic heterocycles. The van der Waals surface area contributed by atoms with Gasteiger partial charge in [0.15, 0.2) is 0 Å². The van der Waals surface area contributed by atoms with Crippen molar-refractivity contribution in [3.8, 4) is 0 Å². The molecular weight excluding hydrogens is 224 g/mol. The van der Waals surface area contributed by atoms with E-state index >= 15 is 0 Å². The highest BCUT2D eigenvalue weighted by Gasteiger charge is 2.35. The summed E-state index contributed by atoms with van der Waals surface area (Å²) in [6.07, 6.45) is 8.18. The van der Waals surface area contributed by atoms with Gasteiger partial charge in [0.25, 0.3) is 0 Å². The van der Waals surface area contributed by atoms with Crippen molar-refractivity contribution >= 4 is 0 Å². The Balaban J connectivity index is 2.56. The van der Waals surface area contributed by atoms with E-state index in [0.717, 1.165) is 19.3 Å². The zero-order valence-electron chi connectivity index (χ0n) is 12.5. The van der Waals surface area contributed by atoms with E-state index in [1.807, 2.05) is 0 Å². The summed E-state index contributed by atoms with van der Waals surface area (Å²) >= 11 is 0. The number of unbranched alkanes of at least 4 members (excludes halogenated alkanes) is 2. The number of aliphatic hydroxyl groups is 1. The van der Waals surface area contributed by atoms with Gasteiger partial charge in [0, 0.05) is 17.6 Å². The van der Waals surface area contributed by atoms with Crippen molar-refractivity contribution in [2.24, 2.45) is 5.73 Å². The van der Waals surface area contributed by atoms with Crippen LogP contribution in [0.4, 0.5) is 0 Å². The van der Waals surface area contributed by atoms with Crippen LogP contribution in [0.5, 0.6) is 0 Å². The lowest BCUT2D eigenvalue weighted by Crippen LogP contribution is -2.54. The molecule has 1 rings (SSSR count). The number of hydrogen-bond donors (Lipinski definition) is 2. The third-order valence-electron chi connectivity index (χ3n) is 4.32. The van der Waals surface area contributed by atoms with E-state index in [9.17, 15) is 5.11 Å². The fourth-order valence-electron chi connectivity index (χ4n) is 3.20. The first kappa shape index (κ1) is 15.9.